The molecule has 2 aromatic rings. The highest BCUT2D eigenvalue weighted by Crippen LogP contribution is 2.25. The van der Waals surface area contributed by atoms with Crippen LogP contribution in [0.5, 0.6) is 0 Å². The van der Waals surface area contributed by atoms with Crippen LogP contribution in [0, 0.1) is 0 Å². The lowest BCUT2D eigenvalue weighted by Gasteiger charge is -2.30. The molecule has 1 unspecified atom stereocenters. The van der Waals surface area contributed by atoms with Gasteiger partial charge in [-0.25, -0.2) is 4.79 Å². The highest BCUT2D eigenvalue weighted by atomic mass is 16.4. The molecular weight excluding hydrogens is 218 g/mol. The SMILES string of the molecule is CNC(c1ccc2oc(=O)[nH]c2c1)C(C)(C)N. The van der Waals surface area contributed by atoms with Crippen LogP contribution in [0.3, 0.4) is 0 Å². The fourth-order valence-electron chi connectivity index (χ4n) is 2.12. The van der Waals surface area contributed by atoms with Crippen LogP contribution in [0.4, 0.5) is 0 Å². The van der Waals surface area contributed by atoms with E-state index in [9.17, 15) is 4.79 Å². The molecule has 0 aliphatic heterocycles. The maximum atomic E-state index is 11.1. The van der Waals surface area contributed by atoms with Crippen molar-refractivity contribution in [1.29, 1.82) is 0 Å². The van der Waals surface area contributed by atoms with Gasteiger partial charge in [0.2, 0.25) is 0 Å². The van der Waals surface area contributed by atoms with Gasteiger partial charge in [-0.2, -0.15) is 0 Å². The molecule has 0 radical (unpaired) electrons. The van der Waals surface area contributed by atoms with Gasteiger partial charge in [0.25, 0.3) is 0 Å². The Kier molecular flexibility index (Phi) is 2.81. The Morgan fingerprint density at radius 3 is 2.76 bits per heavy atom. The van der Waals surface area contributed by atoms with Crippen molar-refractivity contribution >= 4 is 11.1 Å². The Bertz CT molecular complexity index is 577. The van der Waals surface area contributed by atoms with Gasteiger partial charge >= 0.3 is 5.76 Å². The van der Waals surface area contributed by atoms with Crippen LogP contribution in [0.1, 0.15) is 25.5 Å². The summed E-state index contributed by atoms with van der Waals surface area (Å²) >= 11 is 0. The van der Waals surface area contributed by atoms with E-state index in [-0.39, 0.29) is 6.04 Å². The van der Waals surface area contributed by atoms with Crippen molar-refractivity contribution in [3.05, 3.63) is 34.3 Å². The summed E-state index contributed by atoms with van der Waals surface area (Å²) in [6, 6.07) is 5.58. The third kappa shape index (κ3) is 2.25. The minimum absolute atomic E-state index is 0.00491. The summed E-state index contributed by atoms with van der Waals surface area (Å²) < 4.78 is 4.96. The van der Waals surface area contributed by atoms with Crippen molar-refractivity contribution in [2.24, 2.45) is 5.73 Å². The normalized spacial score (nSPS) is 14.1. The first-order valence-electron chi connectivity index (χ1n) is 5.51. The van der Waals surface area contributed by atoms with Crippen LogP contribution in [-0.4, -0.2) is 17.6 Å². The molecule has 1 aromatic heterocycles. The van der Waals surface area contributed by atoms with E-state index in [0.29, 0.717) is 11.1 Å². The largest absolute Gasteiger partial charge is 0.417 e. The Morgan fingerprint density at radius 2 is 2.18 bits per heavy atom. The highest BCUT2D eigenvalue weighted by Gasteiger charge is 2.25. The molecule has 0 saturated heterocycles. The van der Waals surface area contributed by atoms with Gasteiger partial charge in [0.15, 0.2) is 5.58 Å². The number of benzene rings is 1. The van der Waals surface area contributed by atoms with Gasteiger partial charge in [-0.05, 0) is 38.6 Å². The number of nitrogens with two attached hydrogens (primary N) is 1. The zero-order valence-corrected chi connectivity index (χ0v) is 10.2. The number of aromatic nitrogens is 1. The summed E-state index contributed by atoms with van der Waals surface area (Å²) in [6.45, 7) is 3.91. The second-order valence-electron chi connectivity index (χ2n) is 4.81. The molecule has 1 atom stereocenters. The number of H-pyrrole nitrogens is 1. The number of hydrogen-bond acceptors (Lipinski definition) is 4. The minimum atomic E-state index is -0.440. The van der Waals surface area contributed by atoms with Crippen LogP contribution in [0.15, 0.2) is 27.4 Å². The molecule has 0 fully saturated rings. The molecule has 0 bridgehead atoms. The number of rotatable bonds is 3. The molecule has 0 spiro atoms. The summed E-state index contributed by atoms with van der Waals surface area (Å²) in [5, 5.41) is 3.18. The van der Waals surface area contributed by atoms with E-state index in [0.717, 1.165) is 5.56 Å². The first kappa shape index (κ1) is 11.9. The lowest BCUT2D eigenvalue weighted by atomic mass is 9.89. The molecule has 1 heterocycles. The third-order valence-electron chi connectivity index (χ3n) is 2.81. The zero-order chi connectivity index (χ0) is 12.6. The molecule has 0 aliphatic rings. The summed E-state index contributed by atoms with van der Waals surface area (Å²) in [5.74, 6) is -0.440. The quantitative estimate of drug-likeness (QED) is 0.744. The van der Waals surface area contributed by atoms with Crippen LogP contribution in [0.25, 0.3) is 11.1 Å². The van der Waals surface area contributed by atoms with Crippen LogP contribution in [0.2, 0.25) is 0 Å². The molecule has 5 heteroatoms. The number of hydrogen-bond donors (Lipinski definition) is 3. The van der Waals surface area contributed by atoms with E-state index in [1.807, 2.05) is 33.0 Å². The number of aromatic amines is 1. The fourth-order valence-corrected chi connectivity index (χ4v) is 2.12. The van der Waals surface area contributed by atoms with Crippen LogP contribution in [-0.2, 0) is 0 Å². The number of oxazole rings is 1. The van der Waals surface area contributed by atoms with Gasteiger partial charge in [-0.3, -0.25) is 4.98 Å². The van der Waals surface area contributed by atoms with Crippen LogP contribution >= 0.6 is 0 Å². The smallest absolute Gasteiger partial charge is 0.408 e. The topological polar surface area (TPSA) is 84.0 Å². The maximum Gasteiger partial charge on any atom is 0.417 e. The minimum Gasteiger partial charge on any atom is -0.408 e. The maximum absolute atomic E-state index is 11.1. The van der Waals surface area contributed by atoms with Gasteiger partial charge < -0.3 is 15.5 Å². The Balaban J connectivity index is 2.51. The predicted octanol–water partition coefficient (Wildman–Crippen LogP) is 1.12. The second-order valence-corrected chi connectivity index (χ2v) is 4.81. The monoisotopic (exact) mass is 235 g/mol. The van der Waals surface area contributed by atoms with Crippen molar-refractivity contribution in [2.45, 2.75) is 25.4 Å². The van der Waals surface area contributed by atoms with Crippen LogP contribution < -0.4 is 16.8 Å². The summed E-state index contributed by atoms with van der Waals surface area (Å²) in [5.41, 5.74) is 7.99. The molecule has 0 saturated carbocycles. The lowest BCUT2D eigenvalue weighted by Crippen LogP contribution is -2.45. The first-order chi connectivity index (χ1) is 7.91. The summed E-state index contributed by atoms with van der Waals surface area (Å²) in [4.78, 5) is 13.7. The molecule has 5 nitrogen and oxygen atoms in total. The molecule has 0 amide bonds. The molecule has 2 rings (SSSR count). The highest BCUT2D eigenvalue weighted by molar-refractivity contribution is 5.73. The number of likely N-dealkylation sites (N-methyl/N-ethyl adjacent to an activating group) is 1. The zero-order valence-electron chi connectivity index (χ0n) is 10.2. The third-order valence-corrected chi connectivity index (χ3v) is 2.81. The molecule has 0 aliphatic carbocycles. The Morgan fingerprint density at radius 1 is 1.47 bits per heavy atom. The summed E-state index contributed by atoms with van der Waals surface area (Å²) in [6.07, 6.45) is 0. The first-order valence-corrected chi connectivity index (χ1v) is 5.51. The van der Waals surface area contributed by atoms with E-state index in [4.69, 9.17) is 10.2 Å². The van der Waals surface area contributed by atoms with Gasteiger partial charge in [0.05, 0.1) is 5.52 Å². The number of nitrogens with one attached hydrogen (secondary N) is 2. The average Bonchev–Trinajstić information content (AvgIpc) is 2.56. The van der Waals surface area contributed by atoms with E-state index in [1.54, 1.807) is 6.07 Å². The van der Waals surface area contributed by atoms with Crippen molar-refractivity contribution in [3.63, 3.8) is 0 Å². The van der Waals surface area contributed by atoms with Crippen molar-refractivity contribution < 1.29 is 4.42 Å². The van der Waals surface area contributed by atoms with Gasteiger partial charge in [-0.15, -0.1) is 0 Å². The van der Waals surface area contributed by atoms with Crippen molar-refractivity contribution in [3.8, 4) is 0 Å². The van der Waals surface area contributed by atoms with Gasteiger partial charge in [0, 0.05) is 11.6 Å². The Labute approximate surface area is 99.0 Å². The van der Waals surface area contributed by atoms with Crippen molar-refractivity contribution in [1.82, 2.24) is 10.3 Å². The van der Waals surface area contributed by atoms with E-state index in [2.05, 4.69) is 10.3 Å². The lowest BCUT2D eigenvalue weighted by molar-refractivity contribution is 0.370. The predicted molar refractivity (Wildman–Crippen MR) is 66.9 cm³/mol. The molecular formula is C12H17N3O2. The second kappa shape index (κ2) is 4.01. The fraction of sp³-hybridized carbons (Fsp3) is 0.417. The average molecular weight is 235 g/mol. The van der Waals surface area contributed by atoms with E-state index >= 15 is 0 Å². The van der Waals surface area contributed by atoms with Crippen molar-refractivity contribution in [2.75, 3.05) is 7.05 Å². The summed E-state index contributed by atoms with van der Waals surface area (Å²) in [7, 11) is 1.86. The van der Waals surface area contributed by atoms with Gasteiger partial charge in [-0.1, -0.05) is 6.07 Å². The Hall–Kier alpha value is -1.59. The molecule has 92 valence electrons. The van der Waals surface area contributed by atoms with E-state index in [1.165, 1.54) is 0 Å². The molecule has 4 N–H and O–H groups in total. The van der Waals surface area contributed by atoms with E-state index < -0.39 is 11.3 Å². The molecule has 17 heavy (non-hydrogen) atoms. The van der Waals surface area contributed by atoms with Gasteiger partial charge in [0.1, 0.15) is 0 Å². The molecule has 1 aromatic carbocycles. The standard InChI is InChI=1S/C12H17N3O2/c1-12(2,13)10(14-3)7-4-5-9-8(6-7)15-11(16)17-9/h4-6,10,14H,13H2,1-3H3,(H,15,16). The number of fused-ring (bicyclic) bond motifs is 1.